The largest absolute Gasteiger partial charge is 0.452 e. The molecule has 0 N–H and O–H groups in total. The van der Waals surface area contributed by atoms with E-state index >= 15 is 0 Å². The SMILES string of the molecule is c1ccc(-n2c(-c3ccc(-n4c5ccccc5c5ccccc54)c4oc5c(-n6c7ccccc7c7cc8sc9ccccc9c8cc76)cccc5c34)nc3ccccc32)cc1. The van der Waals surface area contributed by atoms with E-state index in [9.17, 15) is 0 Å². The maximum Gasteiger partial charge on any atom is 0.160 e. The number of hydrogen-bond donors (Lipinski definition) is 0. The fourth-order valence-corrected chi connectivity index (χ4v) is 11.2. The molecule has 0 fully saturated rings. The van der Waals surface area contributed by atoms with E-state index in [2.05, 4.69) is 208 Å². The van der Waals surface area contributed by atoms with Gasteiger partial charge >= 0.3 is 0 Å². The highest BCUT2D eigenvalue weighted by molar-refractivity contribution is 7.25. The van der Waals surface area contributed by atoms with Crippen LogP contribution >= 0.6 is 11.3 Å². The molecule has 5 aromatic heterocycles. The summed E-state index contributed by atoms with van der Waals surface area (Å²) in [4.78, 5) is 5.40. The second-order valence-electron chi connectivity index (χ2n) is 15.9. The maximum atomic E-state index is 7.51. The Balaban J connectivity index is 1.14. The quantitative estimate of drug-likeness (QED) is 0.178. The second-order valence-corrected chi connectivity index (χ2v) is 17.0. The molecule has 0 saturated carbocycles. The first-order chi connectivity index (χ1) is 30.3. The summed E-state index contributed by atoms with van der Waals surface area (Å²) >= 11 is 1.86. The Kier molecular flexibility index (Phi) is 6.65. The molecule has 0 aliphatic heterocycles. The Morgan fingerprint density at radius 2 is 0.967 bits per heavy atom. The summed E-state index contributed by atoms with van der Waals surface area (Å²) in [7, 11) is 0. The Bertz CT molecular complexity index is 4070. The molecular formula is C55H32N4OS. The zero-order chi connectivity index (χ0) is 39.8. The summed E-state index contributed by atoms with van der Waals surface area (Å²) in [5.74, 6) is 0.864. The Hall–Kier alpha value is -7.93. The van der Waals surface area contributed by atoms with E-state index < -0.39 is 0 Å². The Morgan fingerprint density at radius 3 is 1.72 bits per heavy atom. The summed E-state index contributed by atoms with van der Waals surface area (Å²) in [6, 6.07) is 69.7. The lowest BCUT2D eigenvalue weighted by molar-refractivity contribution is 0.664. The fraction of sp³-hybridized carbons (Fsp3) is 0. The third-order valence-corrected chi connectivity index (χ3v) is 13.8. The summed E-state index contributed by atoms with van der Waals surface area (Å²) in [5.41, 5.74) is 12.2. The van der Waals surface area contributed by atoms with Crippen molar-refractivity contribution in [1.29, 1.82) is 0 Å². The van der Waals surface area contributed by atoms with Gasteiger partial charge in [-0.25, -0.2) is 4.98 Å². The van der Waals surface area contributed by atoms with Gasteiger partial charge in [-0.2, -0.15) is 0 Å². The van der Waals surface area contributed by atoms with E-state index in [4.69, 9.17) is 9.40 Å². The minimum Gasteiger partial charge on any atom is -0.452 e. The van der Waals surface area contributed by atoms with Crippen LogP contribution in [-0.4, -0.2) is 18.7 Å². The zero-order valence-electron chi connectivity index (χ0n) is 32.6. The van der Waals surface area contributed by atoms with Gasteiger partial charge in [0.15, 0.2) is 11.2 Å². The van der Waals surface area contributed by atoms with Gasteiger partial charge < -0.3 is 13.6 Å². The predicted octanol–water partition coefficient (Wildman–Crippen LogP) is 15.2. The maximum absolute atomic E-state index is 7.51. The van der Waals surface area contributed by atoms with Gasteiger partial charge in [-0.05, 0) is 78.9 Å². The highest BCUT2D eigenvalue weighted by atomic mass is 32.1. The van der Waals surface area contributed by atoms with Gasteiger partial charge in [-0.15, -0.1) is 11.3 Å². The predicted molar refractivity (Wildman–Crippen MR) is 255 cm³/mol. The molecule has 0 atom stereocenters. The highest BCUT2D eigenvalue weighted by Gasteiger charge is 2.26. The van der Waals surface area contributed by atoms with Crippen molar-refractivity contribution in [3.8, 4) is 28.5 Å². The lowest BCUT2D eigenvalue weighted by atomic mass is 10.0. The Morgan fingerprint density at radius 1 is 0.377 bits per heavy atom. The van der Waals surface area contributed by atoms with Crippen LogP contribution in [0.3, 0.4) is 0 Å². The molecule has 0 aliphatic rings. The van der Waals surface area contributed by atoms with Crippen LogP contribution in [-0.2, 0) is 0 Å². The number of furan rings is 1. The number of benzene rings is 9. The van der Waals surface area contributed by atoms with E-state index in [1.807, 2.05) is 11.3 Å². The Labute approximate surface area is 352 Å². The number of aromatic nitrogens is 4. The minimum atomic E-state index is 0.810. The number of rotatable bonds is 4. The lowest BCUT2D eigenvalue weighted by Gasteiger charge is -2.13. The van der Waals surface area contributed by atoms with Crippen molar-refractivity contribution in [2.24, 2.45) is 0 Å². The van der Waals surface area contributed by atoms with Crippen LogP contribution in [0.1, 0.15) is 0 Å². The molecule has 0 spiro atoms. The van der Waals surface area contributed by atoms with E-state index in [1.54, 1.807) is 0 Å². The van der Waals surface area contributed by atoms with Crippen molar-refractivity contribution in [3.05, 3.63) is 194 Å². The molecule has 61 heavy (non-hydrogen) atoms. The zero-order valence-corrected chi connectivity index (χ0v) is 33.4. The number of imidazole rings is 1. The van der Waals surface area contributed by atoms with Crippen LogP contribution < -0.4 is 0 Å². The summed E-state index contributed by atoms with van der Waals surface area (Å²) < 4.78 is 17.2. The smallest absolute Gasteiger partial charge is 0.160 e. The van der Waals surface area contributed by atoms with Gasteiger partial charge in [0, 0.05) is 63.7 Å². The normalized spacial score (nSPS) is 12.3. The van der Waals surface area contributed by atoms with Gasteiger partial charge in [-0.3, -0.25) is 4.57 Å². The average molecular weight is 797 g/mol. The van der Waals surface area contributed by atoms with Crippen LogP contribution in [0, 0.1) is 0 Å². The molecule has 0 radical (unpaired) electrons. The van der Waals surface area contributed by atoms with Gasteiger partial charge in [0.1, 0.15) is 5.82 Å². The van der Waals surface area contributed by atoms with Crippen molar-refractivity contribution in [3.63, 3.8) is 0 Å². The van der Waals surface area contributed by atoms with E-state index in [1.165, 1.54) is 41.7 Å². The molecule has 5 nitrogen and oxygen atoms in total. The lowest BCUT2D eigenvalue weighted by Crippen LogP contribution is -1.99. The second kappa shape index (κ2) is 12.3. The molecule has 284 valence electrons. The standard InChI is InChI=1S/C55H32N4OS/c1-2-15-33(16-3-1)57-46-26-12-8-22-42(46)56-55(57)39-29-30-48(58-43-23-9-4-17-34(43)35-18-5-10-24-44(35)58)54-52(39)38-21-14-27-47(53(38)60-54)59-45-25-11-6-19-36(45)40-32-51-41(31-49(40)59)37-20-7-13-28-50(37)61-51/h1-32H. The first kappa shape index (κ1) is 33.0. The van der Waals surface area contributed by atoms with Gasteiger partial charge in [0.25, 0.3) is 0 Å². The first-order valence-electron chi connectivity index (χ1n) is 20.6. The molecule has 14 rings (SSSR count). The number of hydrogen-bond acceptors (Lipinski definition) is 3. The molecule has 6 heteroatoms. The molecule has 9 aromatic carbocycles. The van der Waals surface area contributed by atoms with Crippen LogP contribution in [0.25, 0.3) is 125 Å². The third-order valence-electron chi connectivity index (χ3n) is 12.7. The number of thiophene rings is 1. The van der Waals surface area contributed by atoms with Crippen molar-refractivity contribution in [2.75, 3.05) is 0 Å². The molecule has 0 amide bonds. The number of fused-ring (bicyclic) bond motifs is 13. The van der Waals surface area contributed by atoms with E-state index in [0.29, 0.717) is 0 Å². The molecule has 0 aliphatic carbocycles. The van der Waals surface area contributed by atoms with Crippen LogP contribution in [0.15, 0.2) is 199 Å². The highest BCUT2D eigenvalue weighted by Crippen LogP contribution is 2.47. The minimum absolute atomic E-state index is 0.810. The van der Waals surface area contributed by atoms with Crippen molar-refractivity contribution >= 4 is 108 Å². The van der Waals surface area contributed by atoms with Gasteiger partial charge in [0.2, 0.25) is 0 Å². The van der Waals surface area contributed by atoms with Gasteiger partial charge in [-0.1, -0.05) is 115 Å². The van der Waals surface area contributed by atoms with Crippen LogP contribution in [0.4, 0.5) is 0 Å². The van der Waals surface area contributed by atoms with Crippen molar-refractivity contribution in [2.45, 2.75) is 0 Å². The van der Waals surface area contributed by atoms with E-state index in [-0.39, 0.29) is 0 Å². The molecule has 14 aromatic rings. The monoisotopic (exact) mass is 796 g/mol. The molecule has 5 heterocycles. The molecular weight excluding hydrogens is 765 g/mol. The number of nitrogens with zero attached hydrogens (tertiary/aromatic N) is 4. The summed E-state index contributed by atoms with van der Waals surface area (Å²) in [6.45, 7) is 0. The van der Waals surface area contributed by atoms with Crippen molar-refractivity contribution < 1.29 is 4.42 Å². The number of para-hydroxylation sites is 7. The summed E-state index contributed by atoms with van der Waals surface area (Å²) in [6.07, 6.45) is 0. The summed E-state index contributed by atoms with van der Waals surface area (Å²) in [5, 5.41) is 9.46. The van der Waals surface area contributed by atoms with Crippen LogP contribution in [0.5, 0.6) is 0 Å². The first-order valence-corrected chi connectivity index (χ1v) is 21.4. The average Bonchev–Trinajstić information content (AvgIpc) is 4.13. The van der Waals surface area contributed by atoms with E-state index in [0.717, 1.165) is 83.5 Å². The third kappa shape index (κ3) is 4.51. The molecule has 0 bridgehead atoms. The van der Waals surface area contributed by atoms with Crippen molar-refractivity contribution in [1.82, 2.24) is 18.7 Å². The molecule has 0 saturated heterocycles. The topological polar surface area (TPSA) is 40.8 Å². The van der Waals surface area contributed by atoms with Crippen LogP contribution in [0.2, 0.25) is 0 Å². The molecule has 0 unspecified atom stereocenters. The fourth-order valence-electron chi connectivity index (χ4n) is 10.1. The van der Waals surface area contributed by atoms with Gasteiger partial charge in [0.05, 0.1) is 44.5 Å².